The summed E-state index contributed by atoms with van der Waals surface area (Å²) in [6.45, 7) is 23.0. The van der Waals surface area contributed by atoms with E-state index in [0.717, 1.165) is 49.0 Å². The van der Waals surface area contributed by atoms with Crippen LogP contribution >= 0.6 is 15.9 Å². The van der Waals surface area contributed by atoms with Crippen LogP contribution in [0.1, 0.15) is 82.1 Å². The third-order valence-electron chi connectivity index (χ3n) is 10.6. The van der Waals surface area contributed by atoms with Crippen molar-refractivity contribution in [3.63, 3.8) is 0 Å². The Morgan fingerprint density at radius 3 is 1.38 bits per heavy atom. The van der Waals surface area contributed by atoms with Crippen molar-refractivity contribution in [1.29, 1.82) is 0 Å². The molecule has 272 valence electrons. The number of anilines is 2. The van der Waals surface area contributed by atoms with Crippen LogP contribution in [0.15, 0.2) is 53.0 Å². The zero-order chi connectivity index (χ0) is 36.4. The molecule has 5 saturated heterocycles. The zero-order valence-corrected chi connectivity index (χ0v) is 33.0. The molecule has 0 unspecified atom stereocenters. The van der Waals surface area contributed by atoms with Gasteiger partial charge in [-0.1, -0.05) is 28.1 Å². The van der Waals surface area contributed by atoms with Crippen molar-refractivity contribution >= 4 is 52.1 Å². The maximum atomic E-state index is 12.4. The van der Waals surface area contributed by atoms with Crippen LogP contribution in [0.3, 0.4) is 0 Å². The predicted octanol–water partition coefficient (Wildman–Crippen LogP) is 6.83. The Labute approximate surface area is 307 Å². The van der Waals surface area contributed by atoms with Gasteiger partial charge < -0.3 is 38.4 Å². The van der Waals surface area contributed by atoms with E-state index in [1.807, 2.05) is 51.3 Å². The van der Waals surface area contributed by atoms with E-state index >= 15 is 0 Å². The summed E-state index contributed by atoms with van der Waals surface area (Å²) in [4.78, 5) is 33.3. The topological polar surface area (TPSA) is 84.0 Å². The third-order valence-corrected chi connectivity index (χ3v) is 11.2. The lowest BCUT2D eigenvalue weighted by Crippen LogP contribution is -2.50. The van der Waals surface area contributed by atoms with Crippen LogP contribution in [-0.2, 0) is 18.8 Å². The molecule has 7 rings (SSSR count). The monoisotopic (exact) mass is 752 g/mol. The summed E-state index contributed by atoms with van der Waals surface area (Å²) in [7, 11) is -0.341. The number of nitrogens with zero attached hydrogens (tertiary/aromatic N) is 4. The van der Waals surface area contributed by atoms with Crippen LogP contribution in [0.25, 0.3) is 0 Å². The van der Waals surface area contributed by atoms with E-state index in [2.05, 4.69) is 102 Å². The van der Waals surface area contributed by atoms with Crippen LogP contribution in [0.5, 0.6) is 0 Å². The number of carbonyl (C=O) groups is 2. The number of rotatable bonds is 3. The Balaban J connectivity index is 0.000000182. The molecule has 4 atom stereocenters. The highest BCUT2D eigenvalue weighted by Gasteiger charge is 2.52. The van der Waals surface area contributed by atoms with Crippen LogP contribution in [0.4, 0.5) is 21.0 Å². The van der Waals surface area contributed by atoms with Gasteiger partial charge in [-0.3, -0.25) is 0 Å². The first-order valence-electron chi connectivity index (χ1n) is 17.9. The van der Waals surface area contributed by atoms with E-state index in [1.165, 1.54) is 11.4 Å². The lowest BCUT2D eigenvalue weighted by atomic mass is 9.79. The molecule has 12 heteroatoms. The standard InChI is InChI=1S/C22H33BN2O4.C16H21BrN2O2/c1-20(2,3)27-19(26)25-14-17-12-18(25)13-24(17)16-10-8-15(9-11-16)23-28-21(4,5)22(6,7)29-23;1-16(2,3)21-15(20)19-10-13-8-14(19)9-18(13)12-6-4-11(17)5-7-12/h8-11,17-18H,12-14H2,1-7H3;4-7,13-14H,8-10H2,1-3H3/t17-,18-;13-,14-/m00/s1. The summed E-state index contributed by atoms with van der Waals surface area (Å²) in [5.74, 6) is 0. The lowest BCUT2D eigenvalue weighted by Gasteiger charge is -2.36. The normalized spacial score (nSPS) is 26.3. The summed E-state index contributed by atoms with van der Waals surface area (Å²) >= 11 is 3.46. The number of likely N-dealkylation sites (tertiary alicyclic amines) is 2. The molecule has 0 saturated carbocycles. The number of halogens is 1. The van der Waals surface area contributed by atoms with Gasteiger partial charge in [0.05, 0.1) is 23.3 Å². The molecule has 0 aromatic heterocycles. The number of hydrogen-bond donors (Lipinski definition) is 0. The van der Waals surface area contributed by atoms with Crippen LogP contribution in [-0.4, -0.2) is 102 Å². The molecule has 0 radical (unpaired) electrons. The predicted molar refractivity (Wildman–Crippen MR) is 201 cm³/mol. The molecule has 2 amide bonds. The fourth-order valence-corrected chi connectivity index (χ4v) is 7.75. The average molecular weight is 754 g/mol. The number of amides is 2. The Bertz CT molecular complexity index is 1540. The van der Waals surface area contributed by atoms with Crippen molar-refractivity contribution in [3.8, 4) is 0 Å². The molecule has 50 heavy (non-hydrogen) atoms. The Hall–Kier alpha value is -2.96. The minimum absolute atomic E-state index is 0.176. The summed E-state index contributed by atoms with van der Waals surface area (Å²) in [6, 6.07) is 18.1. The minimum atomic E-state index is -0.456. The molecule has 10 nitrogen and oxygen atoms in total. The van der Waals surface area contributed by atoms with E-state index in [9.17, 15) is 9.59 Å². The lowest BCUT2D eigenvalue weighted by molar-refractivity contribution is 0.00578. The third kappa shape index (κ3) is 7.77. The van der Waals surface area contributed by atoms with Gasteiger partial charge in [-0.05, 0) is 124 Å². The van der Waals surface area contributed by atoms with Crippen LogP contribution in [0.2, 0.25) is 0 Å². The van der Waals surface area contributed by atoms with Gasteiger partial charge in [0.2, 0.25) is 0 Å². The fourth-order valence-electron chi connectivity index (χ4n) is 7.49. The molecule has 0 aliphatic carbocycles. The summed E-state index contributed by atoms with van der Waals surface area (Å²) in [6.07, 6.45) is 1.67. The van der Waals surface area contributed by atoms with Gasteiger partial charge in [0.25, 0.3) is 0 Å². The highest BCUT2D eigenvalue weighted by atomic mass is 79.9. The first-order chi connectivity index (χ1) is 23.2. The quantitative estimate of drug-likeness (QED) is 0.316. The van der Waals surface area contributed by atoms with Crippen molar-refractivity contribution < 1.29 is 28.4 Å². The van der Waals surface area contributed by atoms with Gasteiger partial charge in [0, 0.05) is 54.1 Å². The van der Waals surface area contributed by atoms with Crippen molar-refractivity contribution in [2.45, 2.75) is 129 Å². The maximum Gasteiger partial charge on any atom is 0.494 e. The van der Waals surface area contributed by atoms with Crippen molar-refractivity contribution in [1.82, 2.24) is 9.80 Å². The number of piperazine rings is 2. The first kappa shape index (κ1) is 36.8. The van der Waals surface area contributed by atoms with Gasteiger partial charge >= 0.3 is 19.3 Å². The van der Waals surface area contributed by atoms with Gasteiger partial charge in [-0.25, -0.2) is 9.59 Å². The van der Waals surface area contributed by atoms with E-state index in [1.54, 1.807) is 0 Å². The molecule has 4 bridgehead atoms. The van der Waals surface area contributed by atoms with Gasteiger partial charge in [0.1, 0.15) is 11.2 Å². The van der Waals surface area contributed by atoms with Crippen molar-refractivity contribution in [2.75, 3.05) is 36.0 Å². The van der Waals surface area contributed by atoms with Crippen molar-refractivity contribution in [2.24, 2.45) is 0 Å². The largest absolute Gasteiger partial charge is 0.494 e. The van der Waals surface area contributed by atoms with E-state index in [4.69, 9.17) is 18.8 Å². The molecule has 2 aromatic rings. The van der Waals surface area contributed by atoms with Gasteiger partial charge in [-0.2, -0.15) is 0 Å². The van der Waals surface area contributed by atoms with Gasteiger partial charge in [-0.15, -0.1) is 0 Å². The second-order valence-corrected chi connectivity index (χ2v) is 18.2. The zero-order valence-electron chi connectivity index (χ0n) is 31.4. The SMILES string of the molecule is CC(C)(C)OC(=O)N1C[C@@H]2C[C@H]1CN2c1ccc(B2OC(C)(C)C(C)(C)O2)cc1.CC(C)(C)OC(=O)N1C[C@@H]2C[C@H]1CN2c1ccc(Br)cc1. The molecule has 5 heterocycles. The van der Waals surface area contributed by atoms with Gasteiger partial charge in [0.15, 0.2) is 0 Å². The molecule has 5 aliphatic rings. The molecule has 0 N–H and O–H groups in total. The number of benzene rings is 2. The maximum absolute atomic E-state index is 12.4. The van der Waals surface area contributed by atoms with Crippen molar-refractivity contribution in [3.05, 3.63) is 53.0 Å². The fraction of sp³-hybridized carbons (Fsp3) is 0.632. The molecule has 5 aliphatic heterocycles. The molecule has 5 fully saturated rings. The van der Waals surface area contributed by atoms with Crippen LogP contribution < -0.4 is 15.3 Å². The highest BCUT2D eigenvalue weighted by Crippen LogP contribution is 2.39. The second kappa shape index (κ2) is 13.2. The Morgan fingerprint density at radius 1 is 0.660 bits per heavy atom. The number of fused-ring (bicyclic) bond motifs is 4. The molecular formula is C38H54BBrN4O6. The Kier molecular flexibility index (Phi) is 9.74. The van der Waals surface area contributed by atoms with Crippen LogP contribution in [0, 0.1) is 0 Å². The second-order valence-electron chi connectivity index (χ2n) is 17.3. The van der Waals surface area contributed by atoms with E-state index < -0.39 is 11.2 Å². The summed E-state index contributed by atoms with van der Waals surface area (Å²) < 4.78 is 24.4. The number of carbonyl (C=O) groups excluding carboxylic acids is 2. The number of hydrogen-bond acceptors (Lipinski definition) is 8. The average Bonchev–Trinajstić information content (AvgIpc) is 3.83. The number of ether oxygens (including phenoxy) is 2. The molecule has 0 spiro atoms. The van der Waals surface area contributed by atoms with E-state index in [-0.39, 0.29) is 42.6 Å². The Morgan fingerprint density at radius 2 is 1.04 bits per heavy atom. The highest BCUT2D eigenvalue weighted by molar-refractivity contribution is 9.10. The summed E-state index contributed by atoms with van der Waals surface area (Å²) in [5, 5.41) is 0. The molecule has 2 aromatic carbocycles. The first-order valence-corrected chi connectivity index (χ1v) is 18.7. The smallest absolute Gasteiger partial charge is 0.444 e. The minimum Gasteiger partial charge on any atom is -0.444 e. The summed E-state index contributed by atoms with van der Waals surface area (Å²) in [5.41, 5.74) is 1.89. The molecular weight excluding hydrogens is 699 g/mol. The van der Waals surface area contributed by atoms with E-state index in [0.29, 0.717) is 12.1 Å².